The molecular formula is C111H69N7O2. The van der Waals surface area contributed by atoms with Crippen molar-refractivity contribution in [2.24, 2.45) is 0 Å². The summed E-state index contributed by atoms with van der Waals surface area (Å²) in [6.45, 7) is 0. The highest BCUT2D eigenvalue weighted by Gasteiger charge is 2.24. The van der Waals surface area contributed by atoms with Crippen LogP contribution >= 0.6 is 0 Å². The van der Waals surface area contributed by atoms with Crippen LogP contribution in [0, 0.1) is 0 Å². The first kappa shape index (κ1) is 70.4. The Morgan fingerprint density at radius 1 is 0.158 bits per heavy atom. The van der Waals surface area contributed by atoms with Crippen LogP contribution in [0.25, 0.3) is 233 Å². The molecule has 0 amide bonds. The summed E-state index contributed by atoms with van der Waals surface area (Å²) in [6.07, 6.45) is 0. The molecule has 0 aliphatic heterocycles. The van der Waals surface area contributed by atoms with Gasteiger partial charge in [0.25, 0.3) is 0 Å². The predicted molar refractivity (Wildman–Crippen MR) is 493 cm³/mol. The number of fused-ring (bicyclic) bond motifs is 14. The van der Waals surface area contributed by atoms with Crippen LogP contribution in [0.3, 0.4) is 0 Å². The molecule has 9 nitrogen and oxygen atoms in total. The van der Waals surface area contributed by atoms with Gasteiger partial charge >= 0.3 is 0 Å². The number of nitrogens with zero attached hydrogens (tertiary/aromatic N) is 7. The molecule has 9 heteroatoms. The summed E-state index contributed by atoms with van der Waals surface area (Å²) in [5.41, 5.74) is 27.9. The first-order chi connectivity index (χ1) is 59.4. The summed E-state index contributed by atoms with van der Waals surface area (Å²) < 4.78 is 13.3. The highest BCUT2D eigenvalue weighted by Crippen LogP contribution is 2.46. The number of benzene rings is 17. The zero-order chi connectivity index (χ0) is 79.4. The highest BCUT2D eigenvalue weighted by molar-refractivity contribution is 6.27. The number of aromatic nitrogens is 7. The van der Waals surface area contributed by atoms with Gasteiger partial charge < -0.3 is 8.83 Å². The Hall–Kier alpha value is -16.2. The van der Waals surface area contributed by atoms with Crippen LogP contribution in [-0.4, -0.2) is 34.9 Å². The second-order valence-corrected chi connectivity index (χ2v) is 30.2. The van der Waals surface area contributed by atoms with Crippen LogP contribution in [0.4, 0.5) is 0 Å². The first-order valence-electron chi connectivity index (χ1n) is 40.3. The topological polar surface area (TPSA) is 117 Å². The molecule has 0 bridgehead atoms. The van der Waals surface area contributed by atoms with Crippen LogP contribution in [0.5, 0.6) is 0 Å². The Morgan fingerprint density at radius 3 is 0.850 bits per heavy atom. The number of hydrogen-bond donors (Lipinski definition) is 0. The van der Waals surface area contributed by atoms with Crippen molar-refractivity contribution < 1.29 is 8.83 Å². The zero-order valence-corrected chi connectivity index (χ0v) is 64.8. The molecular weight excluding hydrogens is 1460 g/mol. The largest absolute Gasteiger partial charge is 0.455 e. The van der Waals surface area contributed by atoms with Gasteiger partial charge in [0.2, 0.25) is 0 Å². The van der Waals surface area contributed by atoms with Crippen molar-refractivity contribution in [2.75, 3.05) is 0 Å². The molecule has 23 rings (SSSR count). The van der Waals surface area contributed by atoms with Crippen molar-refractivity contribution in [1.82, 2.24) is 34.9 Å². The molecule has 6 aromatic heterocycles. The predicted octanol–water partition coefficient (Wildman–Crippen LogP) is 29.2. The Bertz CT molecular complexity index is 7750. The van der Waals surface area contributed by atoms with Gasteiger partial charge in [0.05, 0.1) is 55.4 Å². The molecule has 0 fully saturated rings. The quantitative estimate of drug-likeness (QED) is 0.104. The van der Waals surface area contributed by atoms with E-state index in [9.17, 15) is 0 Å². The second kappa shape index (κ2) is 30.2. The van der Waals surface area contributed by atoms with Gasteiger partial charge in [0.15, 0.2) is 23.3 Å². The maximum absolute atomic E-state index is 6.67. The maximum Gasteiger partial charge on any atom is 0.164 e. The molecule has 0 aliphatic carbocycles. The lowest BCUT2D eigenvalue weighted by atomic mass is 9.96. The van der Waals surface area contributed by atoms with E-state index in [1.165, 1.54) is 10.9 Å². The summed E-state index contributed by atoms with van der Waals surface area (Å²) in [5.74, 6) is 2.54. The van der Waals surface area contributed by atoms with E-state index in [1.807, 2.05) is 60.7 Å². The molecule has 0 atom stereocenters. The lowest BCUT2D eigenvalue weighted by Crippen LogP contribution is -2.00. The lowest BCUT2D eigenvalue weighted by molar-refractivity contribution is 0.672. The van der Waals surface area contributed by atoms with Gasteiger partial charge in [0, 0.05) is 55.3 Å². The van der Waals surface area contributed by atoms with Crippen LogP contribution in [-0.2, 0) is 0 Å². The molecule has 0 unspecified atom stereocenters. The van der Waals surface area contributed by atoms with E-state index in [2.05, 4.69) is 358 Å². The Labute approximate surface area is 691 Å². The number of pyridine rings is 2. The van der Waals surface area contributed by atoms with Crippen molar-refractivity contribution in [2.45, 2.75) is 0 Å². The van der Waals surface area contributed by atoms with Crippen molar-refractivity contribution in [3.8, 4) is 146 Å². The Balaban J connectivity index is 0.000000145. The fourth-order valence-corrected chi connectivity index (χ4v) is 16.8. The normalized spacial score (nSPS) is 11.5. The smallest absolute Gasteiger partial charge is 0.164 e. The van der Waals surface area contributed by atoms with Gasteiger partial charge in [-0.2, -0.15) is 0 Å². The highest BCUT2D eigenvalue weighted by atomic mass is 16.3. The average Bonchev–Trinajstić information content (AvgIpc) is 1.53. The Morgan fingerprint density at radius 2 is 0.433 bits per heavy atom. The summed E-state index contributed by atoms with van der Waals surface area (Å²) in [7, 11) is 0. The summed E-state index contributed by atoms with van der Waals surface area (Å²) in [5, 5.41) is 10.8. The molecule has 120 heavy (non-hydrogen) atoms. The fraction of sp³-hybridized carbons (Fsp3) is 0. The van der Waals surface area contributed by atoms with Crippen LogP contribution in [0.1, 0.15) is 0 Å². The first-order valence-corrected chi connectivity index (χ1v) is 40.3. The van der Waals surface area contributed by atoms with E-state index in [4.69, 9.17) is 43.7 Å². The van der Waals surface area contributed by atoms with Crippen molar-refractivity contribution >= 4 is 87.2 Å². The summed E-state index contributed by atoms with van der Waals surface area (Å²) >= 11 is 0. The van der Waals surface area contributed by atoms with Gasteiger partial charge in [-0.25, -0.2) is 34.9 Å². The van der Waals surface area contributed by atoms with Crippen LogP contribution in [0.2, 0.25) is 0 Å². The van der Waals surface area contributed by atoms with Crippen LogP contribution in [0.15, 0.2) is 427 Å². The molecule has 23 aromatic rings. The number of para-hydroxylation sites is 2. The minimum absolute atomic E-state index is 0.608. The number of hydrogen-bond acceptors (Lipinski definition) is 9. The second-order valence-electron chi connectivity index (χ2n) is 30.2. The van der Waals surface area contributed by atoms with Crippen molar-refractivity contribution in [1.29, 1.82) is 0 Å². The maximum atomic E-state index is 6.67. The van der Waals surface area contributed by atoms with E-state index in [-0.39, 0.29) is 0 Å². The molecule has 6 heterocycles. The van der Waals surface area contributed by atoms with Gasteiger partial charge in [-0.1, -0.05) is 370 Å². The molecule has 17 aromatic carbocycles. The molecule has 560 valence electrons. The average molecular weight is 1530 g/mol. The van der Waals surface area contributed by atoms with Crippen LogP contribution < -0.4 is 0 Å². The molecule has 0 saturated carbocycles. The summed E-state index contributed by atoms with van der Waals surface area (Å²) in [4.78, 5) is 36.1. The molecule has 0 N–H and O–H groups in total. The third-order valence-electron chi connectivity index (χ3n) is 22.8. The molecule has 0 spiro atoms. The van der Waals surface area contributed by atoms with E-state index in [0.29, 0.717) is 23.3 Å². The van der Waals surface area contributed by atoms with Crippen molar-refractivity contribution in [3.05, 3.63) is 419 Å². The lowest BCUT2D eigenvalue weighted by Gasteiger charge is -2.12. The molecule has 0 radical (unpaired) electrons. The Kier molecular flexibility index (Phi) is 17.7. The fourth-order valence-electron chi connectivity index (χ4n) is 16.8. The standard InChI is InChI=1S/C58H36N4O.C53H33N3O/c1-3-12-37(13-4-1)39-22-28-43(29-23-39)56-60-57(44-30-24-40(25-31-44)38-14-5-2-6-15-38)62-58(61-56)45-32-26-41(27-33-45)46-17-11-18-47(36-46)54-53-49-20-9-10-21-51(49)63-55(53)52-48-19-8-7-16-42(48)34-35-50(52)59-54;1-3-13-34(14-4-1)39-18-11-20-41(31-39)47-33-46(55-53(56-47)38-16-5-2-6-17-38)37-27-25-35(26-28-37)40-19-12-21-42(32-40)51-50-44-23-9-10-24-48(44)57-52(50)49-43-22-8-7-15-36(43)29-30-45(49)54-51/h1-36H;1-33H. The third kappa shape index (κ3) is 13.2. The van der Waals surface area contributed by atoms with Gasteiger partial charge in [-0.3, -0.25) is 0 Å². The molecule has 0 saturated heterocycles. The van der Waals surface area contributed by atoms with E-state index in [1.54, 1.807) is 0 Å². The monoisotopic (exact) mass is 1530 g/mol. The zero-order valence-electron chi connectivity index (χ0n) is 64.8. The van der Waals surface area contributed by atoms with Gasteiger partial charge in [-0.05, 0) is 126 Å². The minimum Gasteiger partial charge on any atom is -0.455 e. The number of rotatable bonds is 13. The number of furan rings is 2. The summed E-state index contributed by atoms with van der Waals surface area (Å²) in [6, 6.07) is 145. The van der Waals surface area contributed by atoms with Gasteiger partial charge in [-0.15, -0.1) is 0 Å². The van der Waals surface area contributed by atoms with E-state index >= 15 is 0 Å². The SMILES string of the molecule is c1ccc(-c2ccc(-c3nc(-c4ccc(-c5ccccc5)cc4)nc(-c4ccc(-c5cccc(-c6nc7ccc8ccccc8c7c7oc8ccccc8c67)c5)cc4)n3)cc2)cc1.c1ccc(-c2cccc(-c3cc(-c4ccc(-c5cccc(-c6nc7ccc8ccccc8c7c7oc8ccccc8c67)c5)cc4)nc(-c4ccccc4)n3)c2)cc1. The van der Waals surface area contributed by atoms with E-state index in [0.717, 1.165) is 199 Å². The van der Waals surface area contributed by atoms with Crippen molar-refractivity contribution in [3.63, 3.8) is 0 Å². The third-order valence-corrected chi connectivity index (χ3v) is 22.8. The van der Waals surface area contributed by atoms with Gasteiger partial charge in [0.1, 0.15) is 22.3 Å². The van der Waals surface area contributed by atoms with E-state index < -0.39 is 0 Å². The molecule has 0 aliphatic rings. The minimum atomic E-state index is 0.608.